The van der Waals surface area contributed by atoms with Crippen LogP contribution in [0.1, 0.15) is 33.7 Å². The first-order valence-electron chi connectivity index (χ1n) is 10.1. The molecule has 0 radical (unpaired) electrons. The van der Waals surface area contributed by atoms with E-state index < -0.39 is 9.84 Å². The van der Waals surface area contributed by atoms with E-state index in [1.807, 2.05) is 24.0 Å². The molecule has 166 valence electrons. The number of rotatable bonds is 8. The van der Waals surface area contributed by atoms with Gasteiger partial charge in [0.25, 0.3) is 0 Å². The molecule has 0 saturated carbocycles. The molecular weight excluding hydrogens is 436 g/mol. The Labute approximate surface area is 185 Å². The van der Waals surface area contributed by atoms with E-state index >= 15 is 0 Å². The second kappa shape index (κ2) is 8.97. The second-order valence-electron chi connectivity index (χ2n) is 7.96. The Bertz CT molecular complexity index is 1150. The van der Waals surface area contributed by atoms with E-state index in [0.29, 0.717) is 25.3 Å². The van der Waals surface area contributed by atoms with Crippen LogP contribution in [0.2, 0.25) is 0 Å². The van der Waals surface area contributed by atoms with Gasteiger partial charge in [0.05, 0.1) is 42.6 Å². The number of sulfone groups is 1. The molecule has 1 aliphatic rings. The van der Waals surface area contributed by atoms with E-state index in [-0.39, 0.29) is 30.0 Å². The molecule has 1 fully saturated rings. The minimum Gasteiger partial charge on any atom is -0.468 e. The van der Waals surface area contributed by atoms with Crippen molar-refractivity contribution in [3.8, 4) is 0 Å². The maximum Gasteiger partial charge on any atom is 0.239 e. The first-order valence-corrected chi connectivity index (χ1v) is 12.8. The minimum atomic E-state index is -3.05. The highest BCUT2D eigenvalue weighted by atomic mass is 32.2. The lowest BCUT2D eigenvalue weighted by Crippen LogP contribution is -2.33. The lowest BCUT2D eigenvalue weighted by atomic mass is 10.3. The van der Waals surface area contributed by atoms with Crippen LogP contribution in [0.4, 0.5) is 5.82 Å². The van der Waals surface area contributed by atoms with Gasteiger partial charge in [-0.25, -0.2) is 13.1 Å². The van der Waals surface area contributed by atoms with E-state index in [2.05, 4.69) is 29.5 Å². The van der Waals surface area contributed by atoms with Gasteiger partial charge >= 0.3 is 0 Å². The first-order chi connectivity index (χ1) is 14.8. The highest BCUT2D eigenvalue weighted by Gasteiger charge is 2.31. The summed E-state index contributed by atoms with van der Waals surface area (Å²) in [6.07, 6.45) is 2.13. The van der Waals surface area contributed by atoms with E-state index in [9.17, 15) is 13.2 Å². The summed E-state index contributed by atoms with van der Waals surface area (Å²) in [6, 6.07) is 9.40. The van der Waals surface area contributed by atoms with Crippen LogP contribution < -0.4 is 5.32 Å². The number of amides is 1. The highest BCUT2D eigenvalue weighted by molar-refractivity contribution is 7.91. The Morgan fingerprint density at radius 1 is 1.32 bits per heavy atom. The van der Waals surface area contributed by atoms with Crippen molar-refractivity contribution < 1.29 is 17.6 Å². The Kier molecular flexibility index (Phi) is 6.31. The lowest BCUT2D eigenvalue weighted by molar-refractivity contribution is -0.117. The lowest BCUT2D eigenvalue weighted by Gasteiger charge is -2.20. The Morgan fingerprint density at radius 2 is 2.16 bits per heavy atom. The summed E-state index contributed by atoms with van der Waals surface area (Å²) < 4.78 is 30.9. The molecule has 1 saturated heterocycles. The fourth-order valence-electron chi connectivity index (χ4n) is 3.82. The molecule has 1 aliphatic heterocycles. The molecule has 3 aromatic heterocycles. The third-order valence-electron chi connectivity index (χ3n) is 5.18. The number of hydrogen-bond acceptors (Lipinski definition) is 7. The number of nitrogens with one attached hydrogen (secondary N) is 1. The molecule has 0 aliphatic carbocycles. The van der Waals surface area contributed by atoms with Crippen LogP contribution in [0.3, 0.4) is 0 Å². The molecule has 0 aromatic carbocycles. The van der Waals surface area contributed by atoms with Gasteiger partial charge in [-0.2, -0.15) is 5.10 Å². The largest absolute Gasteiger partial charge is 0.468 e. The maximum absolute atomic E-state index is 12.9. The number of nitrogens with zero attached hydrogens (tertiary/aromatic N) is 3. The fraction of sp³-hybridized carbons (Fsp3) is 0.429. The molecule has 1 atom stereocenters. The molecule has 0 bridgehead atoms. The zero-order chi connectivity index (χ0) is 22.0. The smallest absolute Gasteiger partial charge is 0.239 e. The summed E-state index contributed by atoms with van der Waals surface area (Å²) in [5.41, 5.74) is 0.737. The number of hydrogen-bond donors (Lipinski definition) is 1. The Hall–Kier alpha value is -2.43. The van der Waals surface area contributed by atoms with Crippen LogP contribution in [0, 0.1) is 13.8 Å². The fourth-order valence-corrected chi connectivity index (χ4v) is 6.45. The van der Waals surface area contributed by atoms with Crippen molar-refractivity contribution in [3.63, 3.8) is 0 Å². The molecule has 0 spiro atoms. The summed E-state index contributed by atoms with van der Waals surface area (Å²) in [4.78, 5) is 17.3. The summed E-state index contributed by atoms with van der Waals surface area (Å²) in [5.74, 6) is 1.36. The third-order valence-corrected chi connectivity index (χ3v) is 7.92. The zero-order valence-electron chi connectivity index (χ0n) is 17.6. The third kappa shape index (κ3) is 5.63. The minimum absolute atomic E-state index is 0.0549. The molecule has 31 heavy (non-hydrogen) atoms. The van der Waals surface area contributed by atoms with Gasteiger partial charge in [0, 0.05) is 22.4 Å². The number of carbonyl (C=O) groups excluding carboxylic acids is 1. The van der Waals surface area contributed by atoms with Gasteiger partial charge in [0.2, 0.25) is 5.91 Å². The van der Waals surface area contributed by atoms with Gasteiger partial charge in [0.15, 0.2) is 9.84 Å². The van der Waals surface area contributed by atoms with E-state index in [1.165, 1.54) is 9.75 Å². The molecule has 8 nitrogen and oxygen atoms in total. The monoisotopic (exact) mass is 462 g/mol. The summed E-state index contributed by atoms with van der Waals surface area (Å²) >= 11 is 1.71. The Morgan fingerprint density at radius 3 is 2.81 bits per heavy atom. The van der Waals surface area contributed by atoms with E-state index in [0.717, 1.165) is 11.5 Å². The van der Waals surface area contributed by atoms with Crippen LogP contribution in [0.15, 0.2) is 41.0 Å². The Balaban J connectivity index is 1.46. The molecule has 1 unspecified atom stereocenters. The highest BCUT2D eigenvalue weighted by Crippen LogP contribution is 2.27. The number of aryl methyl sites for hydroxylation is 2. The van der Waals surface area contributed by atoms with Crippen molar-refractivity contribution in [2.45, 2.75) is 39.4 Å². The van der Waals surface area contributed by atoms with E-state index in [4.69, 9.17) is 4.42 Å². The molecule has 3 aromatic rings. The predicted octanol–water partition coefficient (Wildman–Crippen LogP) is 3.15. The van der Waals surface area contributed by atoms with Gasteiger partial charge in [-0.15, -0.1) is 11.3 Å². The van der Waals surface area contributed by atoms with Crippen LogP contribution in [-0.4, -0.2) is 47.1 Å². The summed E-state index contributed by atoms with van der Waals surface area (Å²) in [7, 11) is -3.05. The molecule has 10 heteroatoms. The van der Waals surface area contributed by atoms with Crippen LogP contribution in [0.25, 0.3) is 0 Å². The number of anilines is 1. The van der Waals surface area contributed by atoms with Crippen molar-refractivity contribution in [2.75, 3.05) is 23.4 Å². The number of thiophene rings is 1. The van der Waals surface area contributed by atoms with Crippen molar-refractivity contribution in [1.29, 1.82) is 0 Å². The first kappa shape index (κ1) is 21.8. The molecular formula is C21H26N4O4S2. The average molecular weight is 463 g/mol. The van der Waals surface area contributed by atoms with Crippen molar-refractivity contribution in [3.05, 3.63) is 57.8 Å². The van der Waals surface area contributed by atoms with Gasteiger partial charge in [-0.1, -0.05) is 0 Å². The van der Waals surface area contributed by atoms with Crippen LogP contribution in [-0.2, 0) is 27.7 Å². The number of carbonyl (C=O) groups is 1. The predicted molar refractivity (Wildman–Crippen MR) is 120 cm³/mol. The maximum atomic E-state index is 12.9. The summed E-state index contributed by atoms with van der Waals surface area (Å²) in [6.45, 7) is 5.20. The van der Waals surface area contributed by atoms with Crippen LogP contribution in [0.5, 0.6) is 0 Å². The van der Waals surface area contributed by atoms with Crippen molar-refractivity contribution >= 4 is 32.9 Å². The summed E-state index contributed by atoms with van der Waals surface area (Å²) in [5, 5.41) is 7.37. The van der Waals surface area contributed by atoms with Gasteiger partial charge in [0.1, 0.15) is 11.6 Å². The van der Waals surface area contributed by atoms with Gasteiger partial charge in [-0.3, -0.25) is 9.69 Å². The van der Waals surface area contributed by atoms with Crippen molar-refractivity contribution in [1.82, 2.24) is 14.7 Å². The van der Waals surface area contributed by atoms with Crippen LogP contribution >= 0.6 is 11.3 Å². The van der Waals surface area contributed by atoms with Gasteiger partial charge < -0.3 is 9.73 Å². The molecule has 1 N–H and O–H groups in total. The second-order valence-corrected chi connectivity index (χ2v) is 11.6. The normalized spacial score (nSPS) is 18.0. The number of aromatic nitrogens is 2. The van der Waals surface area contributed by atoms with E-state index in [1.54, 1.807) is 28.3 Å². The average Bonchev–Trinajstić information content (AvgIpc) is 3.45. The zero-order valence-corrected chi connectivity index (χ0v) is 19.2. The van der Waals surface area contributed by atoms with Crippen molar-refractivity contribution in [2.24, 2.45) is 0 Å². The molecule has 4 rings (SSSR count). The molecule has 4 heterocycles. The number of furan rings is 1. The topological polar surface area (TPSA) is 97.4 Å². The quantitative estimate of drug-likeness (QED) is 0.552. The molecule has 1 amide bonds. The standard InChI is InChI=1S/C21H26N4O4S2/c1-15-10-20(25(23-15)17-7-9-31(27,28)14-17)22-21(26)13-24(11-18-4-3-8-29-18)12-19-6-5-16(2)30-19/h3-6,8,10,17H,7,9,11-14H2,1-2H3,(H,22,26). The van der Waals surface area contributed by atoms with Gasteiger partial charge in [-0.05, 0) is 44.5 Å². The SMILES string of the molecule is Cc1cc(NC(=O)CN(Cc2ccco2)Cc2ccc(C)s2)n(C2CCS(=O)(=O)C2)n1.